The number of hydrogen-bond acceptors (Lipinski definition) is 3. The summed E-state index contributed by atoms with van der Waals surface area (Å²) in [6.45, 7) is 2.38. The number of amides is 1. The number of nitrogens with zero attached hydrogens (tertiary/aromatic N) is 1. The molecule has 5 heteroatoms. The van der Waals surface area contributed by atoms with Crippen molar-refractivity contribution >= 4 is 17.6 Å². The average Bonchev–Trinajstić information content (AvgIpc) is 2.69. The highest BCUT2D eigenvalue weighted by Gasteiger charge is 2.33. The minimum absolute atomic E-state index is 0.0242. The molecule has 0 bridgehead atoms. The molecule has 5 nitrogen and oxygen atoms in total. The van der Waals surface area contributed by atoms with E-state index in [1.54, 1.807) is 12.0 Å². The van der Waals surface area contributed by atoms with Crippen LogP contribution in [-0.4, -0.2) is 30.6 Å². The molecule has 1 aromatic rings. The fourth-order valence-electron chi connectivity index (χ4n) is 2.41. The molecule has 1 amide bonds. The van der Waals surface area contributed by atoms with Gasteiger partial charge >= 0.3 is 5.97 Å². The van der Waals surface area contributed by atoms with E-state index in [0.717, 1.165) is 11.3 Å². The molecule has 1 heterocycles. The lowest BCUT2D eigenvalue weighted by Crippen LogP contribution is -2.25. The van der Waals surface area contributed by atoms with Crippen LogP contribution in [-0.2, 0) is 9.59 Å². The summed E-state index contributed by atoms with van der Waals surface area (Å²) >= 11 is 0. The topological polar surface area (TPSA) is 66.8 Å². The number of aryl methyl sites for hydroxylation is 1. The first-order valence-electron chi connectivity index (χ1n) is 6.18. The summed E-state index contributed by atoms with van der Waals surface area (Å²) in [6, 6.07) is 5.62. The minimum atomic E-state index is -0.865. The lowest BCUT2D eigenvalue weighted by Gasteiger charge is -2.20. The Labute approximate surface area is 111 Å². The molecule has 1 N–H and O–H groups in total. The zero-order chi connectivity index (χ0) is 14.0. The molecule has 0 saturated carbocycles. The monoisotopic (exact) mass is 263 g/mol. The van der Waals surface area contributed by atoms with Crippen molar-refractivity contribution in [3.8, 4) is 5.75 Å². The summed E-state index contributed by atoms with van der Waals surface area (Å²) in [5.74, 6) is -0.406. The normalized spacial score (nSPS) is 18.7. The number of carbonyl (C=O) groups excluding carboxylic acids is 1. The van der Waals surface area contributed by atoms with Crippen LogP contribution in [0.1, 0.15) is 18.4 Å². The van der Waals surface area contributed by atoms with Gasteiger partial charge in [-0.05, 0) is 30.5 Å². The van der Waals surface area contributed by atoms with Crippen LogP contribution in [0.5, 0.6) is 5.75 Å². The summed E-state index contributed by atoms with van der Waals surface area (Å²) < 4.78 is 5.27. The van der Waals surface area contributed by atoms with Crippen LogP contribution in [0.2, 0.25) is 0 Å². The van der Waals surface area contributed by atoms with E-state index >= 15 is 0 Å². The Bertz CT molecular complexity index is 512. The highest BCUT2D eigenvalue weighted by molar-refractivity contribution is 5.97. The maximum atomic E-state index is 12.0. The Balaban J connectivity index is 2.25. The van der Waals surface area contributed by atoms with Gasteiger partial charge in [0.15, 0.2) is 0 Å². The van der Waals surface area contributed by atoms with Crippen molar-refractivity contribution in [1.29, 1.82) is 0 Å². The van der Waals surface area contributed by atoms with Crippen molar-refractivity contribution in [3.05, 3.63) is 23.8 Å². The number of rotatable bonds is 4. The third-order valence-electron chi connectivity index (χ3n) is 3.29. The molecule has 0 aliphatic carbocycles. The Kier molecular flexibility index (Phi) is 3.74. The van der Waals surface area contributed by atoms with E-state index in [1.165, 1.54) is 0 Å². The SMILES string of the molecule is COc1ccc(C)cc1N1CC(CC(=O)O)CC1=O. The maximum absolute atomic E-state index is 12.0. The number of carbonyl (C=O) groups is 2. The highest BCUT2D eigenvalue weighted by Crippen LogP contribution is 2.34. The van der Waals surface area contributed by atoms with E-state index in [9.17, 15) is 9.59 Å². The second kappa shape index (κ2) is 5.30. The average molecular weight is 263 g/mol. The standard InChI is InChI=1S/C14H17NO4/c1-9-3-4-12(19-2)11(5-9)15-8-10(6-13(15)16)7-14(17)18/h3-5,10H,6-8H2,1-2H3,(H,17,18). The molecule has 2 rings (SSSR count). The second-order valence-corrected chi connectivity index (χ2v) is 4.85. The molecule has 0 spiro atoms. The maximum Gasteiger partial charge on any atom is 0.303 e. The number of hydrogen-bond donors (Lipinski definition) is 1. The van der Waals surface area contributed by atoms with Crippen LogP contribution in [0.4, 0.5) is 5.69 Å². The van der Waals surface area contributed by atoms with E-state index in [1.807, 2.05) is 25.1 Å². The number of aliphatic carboxylic acids is 1. The largest absolute Gasteiger partial charge is 0.495 e. The summed E-state index contributed by atoms with van der Waals surface area (Å²) in [5.41, 5.74) is 1.76. The Hall–Kier alpha value is -2.04. The zero-order valence-corrected chi connectivity index (χ0v) is 11.0. The van der Waals surface area contributed by atoms with Gasteiger partial charge in [0.25, 0.3) is 0 Å². The lowest BCUT2D eigenvalue weighted by molar-refractivity contribution is -0.137. The fraction of sp³-hybridized carbons (Fsp3) is 0.429. The smallest absolute Gasteiger partial charge is 0.303 e. The van der Waals surface area contributed by atoms with E-state index in [-0.39, 0.29) is 24.7 Å². The van der Waals surface area contributed by atoms with Crippen LogP contribution >= 0.6 is 0 Å². The van der Waals surface area contributed by atoms with Gasteiger partial charge in [-0.25, -0.2) is 0 Å². The summed E-state index contributed by atoms with van der Waals surface area (Å²) in [4.78, 5) is 24.4. The Morgan fingerprint density at radius 1 is 1.53 bits per heavy atom. The van der Waals surface area contributed by atoms with Crippen LogP contribution < -0.4 is 9.64 Å². The number of carboxylic acid groups (broad SMARTS) is 1. The first kappa shape index (κ1) is 13.4. The molecule has 1 aliphatic heterocycles. The first-order chi connectivity index (χ1) is 9.01. The van der Waals surface area contributed by atoms with Crippen molar-refractivity contribution in [2.75, 3.05) is 18.6 Å². The number of methoxy groups -OCH3 is 1. The van der Waals surface area contributed by atoms with Crippen LogP contribution in [0, 0.1) is 12.8 Å². The summed E-state index contributed by atoms with van der Waals surface area (Å²) in [7, 11) is 1.56. The van der Waals surface area contributed by atoms with Crippen molar-refractivity contribution in [3.63, 3.8) is 0 Å². The number of carboxylic acids is 1. The number of anilines is 1. The van der Waals surface area contributed by atoms with Crippen molar-refractivity contribution in [2.45, 2.75) is 19.8 Å². The number of benzene rings is 1. The van der Waals surface area contributed by atoms with E-state index in [0.29, 0.717) is 12.3 Å². The molecule has 1 aromatic carbocycles. The lowest BCUT2D eigenvalue weighted by atomic mass is 10.1. The third kappa shape index (κ3) is 2.86. The van der Waals surface area contributed by atoms with Gasteiger partial charge in [-0.1, -0.05) is 6.07 Å². The van der Waals surface area contributed by atoms with Crippen LogP contribution in [0.15, 0.2) is 18.2 Å². The molecule has 1 aliphatic rings. The third-order valence-corrected chi connectivity index (χ3v) is 3.29. The van der Waals surface area contributed by atoms with E-state index in [4.69, 9.17) is 9.84 Å². The fourth-order valence-corrected chi connectivity index (χ4v) is 2.41. The van der Waals surface area contributed by atoms with E-state index in [2.05, 4.69) is 0 Å². The van der Waals surface area contributed by atoms with Gasteiger partial charge in [-0.3, -0.25) is 9.59 Å². The van der Waals surface area contributed by atoms with Gasteiger partial charge in [0.2, 0.25) is 5.91 Å². The Morgan fingerprint density at radius 3 is 2.89 bits per heavy atom. The molecule has 0 aromatic heterocycles. The quantitative estimate of drug-likeness (QED) is 0.900. The molecule has 1 atom stereocenters. The van der Waals surface area contributed by atoms with Gasteiger partial charge in [0, 0.05) is 13.0 Å². The zero-order valence-electron chi connectivity index (χ0n) is 11.0. The van der Waals surface area contributed by atoms with Gasteiger partial charge in [0.05, 0.1) is 19.2 Å². The first-order valence-corrected chi connectivity index (χ1v) is 6.18. The Morgan fingerprint density at radius 2 is 2.26 bits per heavy atom. The molecule has 19 heavy (non-hydrogen) atoms. The highest BCUT2D eigenvalue weighted by atomic mass is 16.5. The molecule has 1 fully saturated rings. The summed E-state index contributed by atoms with van der Waals surface area (Å²) in [5, 5.41) is 8.81. The minimum Gasteiger partial charge on any atom is -0.495 e. The van der Waals surface area contributed by atoms with Gasteiger partial charge in [0.1, 0.15) is 5.75 Å². The van der Waals surface area contributed by atoms with Crippen molar-refractivity contribution in [2.24, 2.45) is 5.92 Å². The van der Waals surface area contributed by atoms with Crippen LogP contribution in [0.3, 0.4) is 0 Å². The molecule has 1 unspecified atom stereocenters. The van der Waals surface area contributed by atoms with Crippen molar-refractivity contribution < 1.29 is 19.4 Å². The number of ether oxygens (including phenoxy) is 1. The second-order valence-electron chi connectivity index (χ2n) is 4.85. The van der Waals surface area contributed by atoms with Gasteiger partial charge in [-0.2, -0.15) is 0 Å². The predicted octanol–water partition coefficient (Wildman–Crippen LogP) is 1.83. The predicted molar refractivity (Wildman–Crippen MR) is 70.4 cm³/mol. The van der Waals surface area contributed by atoms with E-state index < -0.39 is 5.97 Å². The summed E-state index contributed by atoms with van der Waals surface area (Å²) in [6.07, 6.45) is 0.305. The molecule has 1 saturated heterocycles. The molecule has 102 valence electrons. The van der Waals surface area contributed by atoms with Crippen LogP contribution in [0.25, 0.3) is 0 Å². The molecule has 0 radical (unpaired) electrons. The van der Waals surface area contributed by atoms with Gasteiger partial charge < -0.3 is 14.7 Å². The van der Waals surface area contributed by atoms with Gasteiger partial charge in [-0.15, -0.1) is 0 Å². The van der Waals surface area contributed by atoms with Crippen molar-refractivity contribution in [1.82, 2.24) is 0 Å². The molecular formula is C14H17NO4. The molecular weight excluding hydrogens is 246 g/mol.